The van der Waals surface area contributed by atoms with Crippen LogP contribution in [0.1, 0.15) is 17.4 Å². The first-order chi connectivity index (χ1) is 11.2. The maximum absolute atomic E-state index is 13.4. The molecule has 1 aliphatic rings. The first kappa shape index (κ1) is 14.3. The Morgan fingerprint density at radius 2 is 2.13 bits per heavy atom. The Kier molecular flexibility index (Phi) is 3.53. The molecule has 0 aliphatic carbocycles. The van der Waals surface area contributed by atoms with Crippen molar-refractivity contribution in [2.24, 2.45) is 0 Å². The highest BCUT2D eigenvalue weighted by atomic mass is 32.1. The molecule has 0 unspecified atom stereocenters. The van der Waals surface area contributed by atoms with Crippen molar-refractivity contribution in [2.75, 3.05) is 0 Å². The van der Waals surface area contributed by atoms with Crippen molar-refractivity contribution < 1.29 is 18.0 Å². The molecule has 8 heteroatoms. The molecule has 3 heterocycles. The van der Waals surface area contributed by atoms with Crippen molar-refractivity contribution in [3.63, 3.8) is 0 Å². The summed E-state index contributed by atoms with van der Waals surface area (Å²) in [7, 11) is 0. The van der Waals surface area contributed by atoms with Gasteiger partial charge >= 0.3 is 0 Å². The number of rotatable bonds is 3. The predicted molar refractivity (Wildman–Crippen MR) is 78.7 cm³/mol. The molecule has 4 rings (SSSR count). The first-order valence-electron chi connectivity index (χ1n) is 6.97. The van der Waals surface area contributed by atoms with Crippen molar-refractivity contribution in [2.45, 2.75) is 24.9 Å². The number of hydrogen-bond acceptors (Lipinski definition) is 6. The van der Waals surface area contributed by atoms with E-state index in [-0.39, 0.29) is 5.89 Å². The normalized spacial score (nSPS) is 20.3. The predicted octanol–water partition coefficient (Wildman–Crippen LogP) is 3.55. The van der Waals surface area contributed by atoms with Gasteiger partial charge in [0.15, 0.2) is 6.10 Å². The lowest BCUT2D eigenvalue weighted by atomic mass is 9.90. The lowest BCUT2D eigenvalue weighted by Crippen LogP contribution is -2.37. The van der Waals surface area contributed by atoms with Crippen LogP contribution < -0.4 is 4.74 Å². The fraction of sp³-hybridized carbons (Fsp3) is 0.267. The average molecular weight is 335 g/mol. The first-order valence-corrected chi connectivity index (χ1v) is 7.85. The van der Waals surface area contributed by atoms with Gasteiger partial charge in [0.1, 0.15) is 5.75 Å². The molecule has 0 saturated carbocycles. The fourth-order valence-electron chi connectivity index (χ4n) is 2.64. The van der Waals surface area contributed by atoms with Crippen LogP contribution in [0.5, 0.6) is 5.75 Å². The van der Waals surface area contributed by atoms with Crippen molar-refractivity contribution in [1.29, 1.82) is 0 Å². The van der Waals surface area contributed by atoms with E-state index < -0.39 is 18.4 Å². The molecule has 0 saturated heterocycles. The van der Waals surface area contributed by atoms with E-state index in [1.54, 1.807) is 23.8 Å². The molecular weight excluding hydrogens is 324 g/mol. The molecule has 2 atom stereocenters. The molecule has 0 radical (unpaired) electrons. The van der Waals surface area contributed by atoms with Gasteiger partial charge in [0, 0.05) is 6.20 Å². The molecule has 3 aromatic rings. The van der Waals surface area contributed by atoms with Crippen LogP contribution >= 0.6 is 11.3 Å². The summed E-state index contributed by atoms with van der Waals surface area (Å²) in [6, 6.07) is 7.15. The molecule has 0 amide bonds. The van der Waals surface area contributed by atoms with Gasteiger partial charge in [-0.05, 0) is 18.1 Å². The number of thiazole rings is 1. The number of ether oxygens (including phenoxy) is 1. The zero-order valence-corrected chi connectivity index (χ0v) is 12.5. The summed E-state index contributed by atoms with van der Waals surface area (Å²) in [5, 5.41) is 3.87. The number of nitrogens with zero attached hydrogens (tertiary/aromatic N) is 3. The number of fused-ring (bicyclic) bond motifs is 1. The number of alkyl halides is 2. The number of hydrogen-bond donors (Lipinski definition) is 0. The highest BCUT2D eigenvalue weighted by Gasteiger charge is 2.40. The largest absolute Gasteiger partial charge is 0.483 e. The SMILES string of the molecule is FC(F)[C@@H]1Oc2ccccc2C[C@H]1c1nc(-c2cncs2)no1. The minimum absolute atomic E-state index is 0.160. The molecule has 1 aliphatic heterocycles. The van der Waals surface area contributed by atoms with Gasteiger partial charge in [-0.2, -0.15) is 4.98 Å². The van der Waals surface area contributed by atoms with E-state index in [2.05, 4.69) is 15.1 Å². The van der Waals surface area contributed by atoms with Crippen LogP contribution in [-0.4, -0.2) is 27.7 Å². The van der Waals surface area contributed by atoms with Gasteiger partial charge in [-0.25, -0.2) is 8.78 Å². The molecule has 1 aromatic carbocycles. The van der Waals surface area contributed by atoms with E-state index in [1.165, 1.54) is 11.3 Å². The Morgan fingerprint density at radius 1 is 1.26 bits per heavy atom. The van der Waals surface area contributed by atoms with E-state index in [0.717, 1.165) is 10.4 Å². The summed E-state index contributed by atoms with van der Waals surface area (Å²) in [6.07, 6.45) is -1.97. The second kappa shape index (κ2) is 5.69. The maximum atomic E-state index is 13.4. The summed E-state index contributed by atoms with van der Waals surface area (Å²) < 4.78 is 37.5. The Bertz CT molecular complexity index is 807. The molecule has 118 valence electrons. The third-order valence-corrected chi connectivity index (χ3v) is 4.50. The van der Waals surface area contributed by atoms with Crippen molar-refractivity contribution in [3.05, 3.63) is 47.4 Å². The smallest absolute Gasteiger partial charge is 0.275 e. The molecule has 5 nitrogen and oxygen atoms in total. The van der Waals surface area contributed by atoms with Gasteiger partial charge in [-0.15, -0.1) is 11.3 Å². The van der Waals surface area contributed by atoms with Gasteiger partial charge in [0.25, 0.3) is 6.43 Å². The van der Waals surface area contributed by atoms with E-state index in [0.29, 0.717) is 18.0 Å². The standard InChI is InChI=1S/C15H11F2N3O2S/c16-13(17)12-9(5-8-3-1-2-4-10(8)21-12)15-19-14(20-22-15)11-6-18-7-23-11/h1-4,6-7,9,12-13H,5H2/t9-,12-/m1/s1. The molecule has 0 bridgehead atoms. The Balaban J connectivity index is 1.69. The third-order valence-electron chi connectivity index (χ3n) is 3.73. The number of para-hydroxylation sites is 1. The molecule has 0 spiro atoms. The minimum Gasteiger partial charge on any atom is -0.483 e. The van der Waals surface area contributed by atoms with Crippen LogP contribution in [-0.2, 0) is 6.42 Å². The summed E-state index contributed by atoms with van der Waals surface area (Å²) >= 11 is 1.36. The van der Waals surface area contributed by atoms with Crippen LogP contribution in [0.4, 0.5) is 8.78 Å². The maximum Gasteiger partial charge on any atom is 0.275 e. The van der Waals surface area contributed by atoms with Gasteiger partial charge in [0.05, 0.1) is 16.3 Å². The van der Waals surface area contributed by atoms with Gasteiger partial charge in [-0.1, -0.05) is 23.4 Å². The number of aromatic nitrogens is 3. The van der Waals surface area contributed by atoms with Gasteiger partial charge < -0.3 is 9.26 Å². The molecular formula is C15H11F2N3O2S. The van der Waals surface area contributed by atoms with Gasteiger partial charge in [-0.3, -0.25) is 4.98 Å². The summed E-state index contributed by atoms with van der Waals surface area (Å²) in [4.78, 5) is 8.93. The van der Waals surface area contributed by atoms with E-state index in [4.69, 9.17) is 9.26 Å². The zero-order chi connectivity index (χ0) is 15.8. The lowest BCUT2D eigenvalue weighted by Gasteiger charge is -2.30. The average Bonchev–Trinajstić information content (AvgIpc) is 3.24. The van der Waals surface area contributed by atoms with Crippen molar-refractivity contribution >= 4 is 11.3 Å². The molecule has 0 N–H and O–H groups in total. The molecule has 0 fully saturated rings. The highest BCUT2D eigenvalue weighted by Crippen LogP contribution is 2.38. The summed E-state index contributed by atoms with van der Waals surface area (Å²) in [5.41, 5.74) is 2.50. The Hall–Kier alpha value is -2.35. The second-order valence-electron chi connectivity index (χ2n) is 5.16. The van der Waals surface area contributed by atoms with E-state index >= 15 is 0 Å². The highest BCUT2D eigenvalue weighted by molar-refractivity contribution is 7.13. The fourth-order valence-corrected chi connectivity index (χ4v) is 3.18. The van der Waals surface area contributed by atoms with Crippen molar-refractivity contribution in [3.8, 4) is 16.5 Å². The van der Waals surface area contributed by atoms with Crippen LogP contribution in [0, 0.1) is 0 Å². The van der Waals surface area contributed by atoms with Crippen LogP contribution in [0.25, 0.3) is 10.7 Å². The second-order valence-corrected chi connectivity index (χ2v) is 6.04. The molecule has 23 heavy (non-hydrogen) atoms. The van der Waals surface area contributed by atoms with Crippen molar-refractivity contribution in [1.82, 2.24) is 15.1 Å². The topological polar surface area (TPSA) is 61.0 Å². The monoisotopic (exact) mass is 335 g/mol. The van der Waals surface area contributed by atoms with E-state index in [9.17, 15) is 8.78 Å². The minimum atomic E-state index is -2.65. The Morgan fingerprint density at radius 3 is 2.91 bits per heavy atom. The number of benzene rings is 1. The summed E-state index contributed by atoms with van der Waals surface area (Å²) in [6.45, 7) is 0. The lowest BCUT2D eigenvalue weighted by molar-refractivity contribution is -0.0175. The van der Waals surface area contributed by atoms with Crippen LogP contribution in [0.15, 0.2) is 40.5 Å². The Labute approximate surface area is 133 Å². The molecule has 2 aromatic heterocycles. The summed E-state index contributed by atoms with van der Waals surface area (Å²) in [5.74, 6) is 0.317. The van der Waals surface area contributed by atoms with E-state index in [1.807, 2.05) is 12.1 Å². The van der Waals surface area contributed by atoms with Crippen LogP contribution in [0.2, 0.25) is 0 Å². The quantitative estimate of drug-likeness (QED) is 0.732. The zero-order valence-electron chi connectivity index (χ0n) is 11.7. The van der Waals surface area contributed by atoms with Gasteiger partial charge in [0.2, 0.25) is 11.7 Å². The van der Waals surface area contributed by atoms with Crippen LogP contribution in [0.3, 0.4) is 0 Å². The number of halogens is 2. The third kappa shape index (κ3) is 2.59.